The third-order valence-corrected chi connectivity index (χ3v) is 5.34. The number of carbonyl (C=O) groups excluding carboxylic acids is 1. The van der Waals surface area contributed by atoms with Crippen molar-refractivity contribution in [1.29, 1.82) is 0 Å². The van der Waals surface area contributed by atoms with Gasteiger partial charge in [0, 0.05) is 18.3 Å². The SMILES string of the molecule is COc1ccc(-c2nn(-c3ccccc3)cc2C(=O)NCCC2CCNC2)cc1.Cl. The average molecular weight is 427 g/mol. The Kier molecular flexibility index (Phi) is 7.49. The minimum absolute atomic E-state index is 0. The molecule has 2 aromatic carbocycles. The van der Waals surface area contributed by atoms with Crippen molar-refractivity contribution in [3.05, 3.63) is 66.4 Å². The van der Waals surface area contributed by atoms with Crippen molar-refractivity contribution in [3.63, 3.8) is 0 Å². The molecule has 1 aliphatic heterocycles. The summed E-state index contributed by atoms with van der Waals surface area (Å²) >= 11 is 0. The lowest BCUT2D eigenvalue weighted by molar-refractivity contribution is 0.0952. The summed E-state index contributed by atoms with van der Waals surface area (Å²) in [6, 6.07) is 17.4. The molecule has 1 unspecified atom stereocenters. The van der Waals surface area contributed by atoms with Crippen LogP contribution in [0.15, 0.2) is 60.8 Å². The first kappa shape index (κ1) is 21.9. The van der Waals surface area contributed by atoms with Crippen LogP contribution >= 0.6 is 12.4 Å². The van der Waals surface area contributed by atoms with Gasteiger partial charge in [0.25, 0.3) is 5.91 Å². The zero-order valence-corrected chi connectivity index (χ0v) is 17.8. The number of amides is 1. The van der Waals surface area contributed by atoms with Gasteiger partial charge in [-0.3, -0.25) is 4.79 Å². The van der Waals surface area contributed by atoms with E-state index in [0.29, 0.717) is 23.7 Å². The van der Waals surface area contributed by atoms with Gasteiger partial charge < -0.3 is 15.4 Å². The number of aromatic nitrogens is 2. The van der Waals surface area contributed by atoms with Crippen LogP contribution in [0.4, 0.5) is 0 Å². The van der Waals surface area contributed by atoms with Crippen molar-refractivity contribution in [2.24, 2.45) is 5.92 Å². The predicted molar refractivity (Wildman–Crippen MR) is 121 cm³/mol. The first-order chi connectivity index (χ1) is 14.2. The molecule has 1 amide bonds. The van der Waals surface area contributed by atoms with Gasteiger partial charge in [-0.2, -0.15) is 5.10 Å². The number of hydrogen-bond donors (Lipinski definition) is 2. The summed E-state index contributed by atoms with van der Waals surface area (Å²) in [5.74, 6) is 1.32. The van der Waals surface area contributed by atoms with E-state index < -0.39 is 0 Å². The average Bonchev–Trinajstić information content (AvgIpc) is 3.45. The number of nitrogens with zero attached hydrogens (tertiary/aromatic N) is 2. The second kappa shape index (κ2) is 10.3. The second-order valence-electron chi connectivity index (χ2n) is 7.30. The fourth-order valence-electron chi connectivity index (χ4n) is 3.66. The van der Waals surface area contributed by atoms with Gasteiger partial charge in [-0.1, -0.05) is 18.2 Å². The summed E-state index contributed by atoms with van der Waals surface area (Å²) in [7, 11) is 1.64. The summed E-state index contributed by atoms with van der Waals surface area (Å²) in [4.78, 5) is 13.0. The lowest BCUT2D eigenvalue weighted by Crippen LogP contribution is -2.26. The highest BCUT2D eigenvalue weighted by atomic mass is 35.5. The van der Waals surface area contributed by atoms with E-state index in [1.165, 1.54) is 6.42 Å². The van der Waals surface area contributed by atoms with Crippen LogP contribution in [0, 0.1) is 5.92 Å². The Morgan fingerprint density at radius 3 is 2.63 bits per heavy atom. The number of halogens is 1. The molecule has 2 heterocycles. The molecule has 1 fully saturated rings. The zero-order chi connectivity index (χ0) is 20.1. The number of para-hydroxylation sites is 1. The lowest BCUT2D eigenvalue weighted by Gasteiger charge is -2.09. The molecule has 6 nitrogen and oxygen atoms in total. The van der Waals surface area contributed by atoms with E-state index in [-0.39, 0.29) is 18.3 Å². The topological polar surface area (TPSA) is 68.2 Å². The van der Waals surface area contributed by atoms with E-state index in [1.54, 1.807) is 18.0 Å². The largest absolute Gasteiger partial charge is 0.497 e. The molecule has 0 radical (unpaired) electrons. The number of benzene rings is 2. The maximum atomic E-state index is 13.0. The highest BCUT2D eigenvalue weighted by molar-refractivity contribution is 6.00. The summed E-state index contributed by atoms with van der Waals surface area (Å²) in [6.45, 7) is 2.78. The van der Waals surface area contributed by atoms with Crippen molar-refractivity contribution in [2.45, 2.75) is 12.8 Å². The zero-order valence-electron chi connectivity index (χ0n) is 17.0. The van der Waals surface area contributed by atoms with Crippen molar-refractivity contribution in [3.8, 4) is 22.7 Å². The minimum atomic E-state index is -0.0936. The van der Waals surface area contributed by atoms with Crippen molar-refractivity contribution < 1.29 is 9.53 Å². The van der Waals surface area contributed by atoms with Crippen LogP contribution in [0.1, 0.15) is 23.2 Å². The van der Waals surface area contributed by atoms with Gasteiger partial charge in [0.05, 0.1) is 18.4 Å². The molecule has 7 heteroatoms. The van der Waals surface area contributed by atoms with Crippen LogP contribution in [-0.4, -0.2) is 42.4 Å². The molecule has 1 saturated heterocycles. The van der Waals surface area contributed by atoms with Crippen LogP contribution < -0.4 is 15.4 Å². The molecule has 0 saturated carbocycles. The molecule has 158 valence electrons. The van der Waals surface area contributed by atoms with Crippen LogP contribution in [0.3, 0.4) is 0 Å². The van der Waals surface area contributed by atoms with E-state index in [0.717, 1.165) is 36.5 Å². The maximum absolute atomic E-state index is 13.0. The van der Waals surface area contributed by atoms with Gasteiger partial charge in [0.2, 0.25) is 0 Å². The molecule has 3 aromatic rings. The second-order valence-corrected chi connectivity index (χ2v) is 7.30. The van der Waals surface area contributed by atoms with Gasteiger partial charge in [-0.15, -0.1) is 12.4 Å². The van der Waals surface area contributed by atoms with Gasteiger partial charge in [0.15, 0.2) is 0 Å². The number of rotatable bonds is 7. The molecule has 1 aromatic heterocycles. The Morgan fingerprint density at radius 2 is 1.97 bits per heavy atom. The Labute approximate surface area is 183 Å². The molecule has 0 spiro atoms. The Morgan fingerprint density at radius 1 is 1.20 bits per heavy atom. The van der Waals surface area contributed by atoms with Crippen molar-refractivity contribution in [2.75, 3.05) is 26.7 Å². The molecule has 2 N–H and O–H groups in total. The van der Waals surface area contributed by atoms with E-state index in [2.05, 4.69) is 10.6 Å². The first-order valence-corrected chi connectivity index (χ1v) is 10.0. The number of hydrogen-bond acceptors (Lipinski definition) is 4. The number of nitrogens with one attached hydrogen (secondary N) is 2. The van der Waals surface area contributed by atoms with Crippen LogP contribution in [0.2, 0.25) is 0 Å². The van der Waals surface area contributed by atoms with Crippen LogP contribution in [-0.2, 0) is 0 Å². The minimum Gasteiger partial charge on any atom is -0.497 e. The Balaban J connectivity index is 0.00000256. The third-order valence-electron chi connectivity index (χ3n) is 5.34. The van der Waals surface area contributed by atoms with Crippen molar-refractivity contribution in [1.82, 2.24) is 20.4 Å². The van der Waals surface area contributed by atoms with Gasteiger partial charge >= 0.3 is 0 Å². The standard InChI is InChI=1S/C23H26N4O2.ClH/c1-29-20-9-7-18(8-10-20)22-21(16-27(26-22)19-5-3-2-4-6-19)23(28)25-14-12-17-11-13-24-15-17;/h2-10,16-17,24H,11-15H2,1H3,(H,25,28);1H. The maximum Gasteiger partial charge on any atom is 0.255 e. The monoisotopic (exact) mass is 426 g/mol. The van der Waals surface area contributed by atoms with Crippen molar-refractivity contribution >= 4 is 18.3 Å². The van der Waals surface area contributed by atoms with Gasteiger partial charge in [0.1, 0.15) is 11.4 Å². The Hall–Kier alpha value is -2.83. The smallest absolute Gasteiger partial charge is 0.255 e. The van der Waals surface area contributed by atoms with E-state index in [4.69, 9.17) is 9.84 Å². The number of methoxy groups -OCH3 is 1. The predicted octanol–water partition coefficient (Wildman–Crippen LogP) is 3.70. The fourth-order valence-corrected chi connectivity index (χ4v) is 3.66. The van der Waals surface area contributed by atoms with E-state index in [1.807, 2.05) is 54.6 Å². The first-order valence-electron chi connectivity index (χ1n) is 10.0. The number of ether oxygens (including phenoxy) is 1. The van der Waals surface area contributed by atoms with Gasteiger partial charge in [-0.05, 0) is 68.2 Å². The summed E-state index contributed by atoms with van der Waals surface area (Å²) < 4.78 is 7.01. The Bertz CT molecular complexity index is 951. The molecular weight excluding hydrogens is 400 g/mol. The summed E-state index contributed by atoms with van der Waals surface area (Å²) in [6.07, 6.45) is 3.98. The molecular formula is C23H27ClN4O2. The highest BCUT2D eigenvalue weighted by Gasteiger charge is 2.20. The summed E-state index contributed by atoms with van der Waals surface area (Å²) in [5.41, 5.74) is 3.03. The lowest BCUT2D eigenvalue weighted by atomic mass is 10.0. The van der Waals surface area contributed by atoms with Crippen LogP contribution in [0.25, 0.3) is 16.9 Å². The molecule has 0 aliphatic carbocycles. The quantitative estimate of drug-likeness (QED) is 0.604. The highest BCUT2D eigenvalue weighted by Crippen LogP contribution is 2.26. The third kappa shape index (κ3) is 5.01. The molecule has 1 atom stereocenters. The van der Waals surface area contributed by atoms with Gasteiger partial charge in [-0.25, -0.2) is 4.68 Å². The summed E-state index contributed by atoms with van der Waals surface area (Å²) in [5, 5.41) is 11.2. The number of carbonyl (C=O) groups is 1. The van der Waals surface area contributed by atoms with E-state index >= 15 is 0 Å². The molecule has 0 bridgehead atoms. The van der Waals surface area contributed by atoms with Crippen LogP contribution in [0.5, 0.6) is 5.75 Å². The molecule has 4 rings (SSSR count). The molecule has 30 heavy (non-hydrogen) atoms. The normalized spacial score (nSPS) is 15.4. The fraction of sp³-hybridized carbons (Fsp3) is 0.304. The van der Waals surface area contributed by atoms with E-state index in [9.17, 15) is 4.79 Å². The molecule has 1 aliphatic rings.